The SMILES string of the molecule is Cn1c(NN)nc2c1c(=O)[nH]c(=O)n2C1CCCCC1. The summed E-state index contributed by atoms with van der Waals surface area (Å²) in [6.07, 6.45) is 5.24. The Hall–Kier alpha value is -2.09. The second-order valence-corrected chi connectivity index (χ2v) is 5.23. The number of fused-ring (bicyclic) bond motifs is 1. The first kappa shape index (κ1) is 12.9. The second kappa shape index (κ2) is 4.78. The van der Waals surface area contributed by atoms with Crippen LogP contribution in [0.2, 0.25) is 0 Å². The largest absolute Gasteiger partial charge is 0.330 e. The molecule has 1 aliphatic carbocycles. The van der Waals surface area contributed by atoms with Crippen LogP contribution in [0.3, 0.4) is 0 Å². The van der Waals surface area contributed by atoms with Crippen LogP contribution in [0, 0.1) is 0 Å². The summed E-state index contributed by atoms with van der Waals surface area (Å²) < 4.78 is 3.17. The second-order valence-electron chi connectivity index (χ2n) is 5.23. The minimum absolute atomic E-state index is 0.0936. The molecule has 108 valence electrons. The number of anilines is 1. The normalized spacial score (nSPS) is 16.7. The minimum Gasteiger partial charge on any atom is -0.306 e. The molecule has 0 saturated heterocycles. The minimum atomic E-state index is -0.437. The number of nitrogens with one attached hydrogen (secondary N) is 2. The number of hydrogen-bond acceptors (Lipinski definition) is 5. The van der Waals surface area contributed by atoms with Crippen LogP contribution in [0.25, 0.3) is 11.2 Å². The Morgan fingerprint density at radius 2 is 2.00 bits per heavy atom. The number of H-pyrrole nitrogens is 1. The maximum absolute atomic E-state index is 12.2. The molecule has 0 radical (unpaired) electrons. The number of rotatable bonds is 2. The van der Waals surface area contributed by atoms with Crippen molar-refractivity contribution in [3.8, 4) is 0 Å². The van der Waals surface area contributed by atoms with E-state index in [2.05, 4.69) is 15.4 Å². The Morgan fingerprint density at radius 3 is 2.65 bits per heavy atom. The van der Waals surface area contributed by atoms with E-state index in [-0.39, 0.29) is 6.04 Å². The van der Waals surface area contributed by atoms with Crippen molar-refractivity contribution < 1.29 is 0 Å². The monoisotopic (exact) mass is 278 g/mol. The number of nitrogens with two attached hydrogens (primary N) is 1. The Balaban J connectivity index is 2.30. The van der Waals surface area contributed by atoms with E-state index in [1.165, 1.54) is 6.42 Å². The summed E-state index contributed by atoms with van der Waals surface area (Å²) in [6, 6.07) is 0.0936. The fourth-order valence-electron chi connectivity index (χ4n) is 3.03. The van der Waals surface area contributed by atoms with Gasteiger partial charge in [-0.2, -0.15) is 4.98 Å². The number of nitrogens with zero attached hydrogens (tertiary/aromatic N) is 3. The lowest BCUT2D eigenvalue weighted by Gasteiger charge is -2.23. The molecule has 1 aliphatic rings. The highest BCUT2D eigenvalue weighted by molar-refractivity contribution is 5.74. The van der Waals surface area contributed by atoms with Gasteiger partial charge in [-0.1, -0.05) is 19.3 Å². The Morgan fingerprint density at radius 1 is 1.30 bits per heavy atom. The lowest BCUT2D eigenvalue weighted by atomic mass is 9.95. The first-order chi connectivity index (χ1) is 9.63. The fraction of sp³-hybridized carbons (Fsp3) is 0.583. The molecule has 8 nitrogen and oxygen atoms in total. The zero-order valence-corrected chi connectivity index (χ0v) is 11.3. The van der Waals surface area contributed by atoms with Gasteiger partial charge < -0.3 is 4.57 Å². The molecule has 0 aliphatic heterocycles. The van der Waals surface area contributed by atoms with E-state index in [9.17, 15) is 9.59 Å². The van der Waals surface area contributed by atoms with Crippen LogP contribution in [0.4, 0.5) is 5.95 Å². The molecule has 0 spiro atoms. The molecule has 2 heterocycles. The van der Waals surface area contributed by atoms with Gasteiger partial charge in [0.25, 0.3) is 5.56 Å². The van der Waals surface area contributed by atoms with Crippen molar-refractivity contribution in [1.82, 2.24) is 19.1 Å². The molecule has 0 unspecified atom stereocenters. The molecule has 2 aromatic rings. The van der Waals surface area contributed by atoms with Crippen molar-refractivity contribution in [3.63, 3.8) is 0 Å². The lowest BCUT2D eigenvalue weighted by molar-refractivity contribution is 0.349. The highest BCUT2D eigenvalue weighted by atomic mass is 16.2. The van der Waals surface area contributed by atoms with Crippen molar-refractivity contribution >= 4 is 17.1 Å². The topological polar surface area (TPSA) is 111 Å². The van der Waals surface area contributed by atoms with Gasteiger partial charge in [-0.05, 0) is 12.8 Å². The molecule has 20 heavy (non-hydrogen) atoms. The molecule has 8 heteroatoms. The molecule has 0 atom stereocenters. The number of hydrogen-bond donors (Lipinski definition) is 3. The van der Waals surface area contributed by atoms with Gasteiger partial charge in [0.2, 0.25) is 5.95 Å². The van der Waals surface area contributed by atoms with Gasteiger partial charge in [-0.3, -0.25) is 19.8 Å². The van der Waals surface area contributed by atoms with Crippen molar-refractivity contribution in [3.05, 3.63) is 20.8 Å². The fourth-order valence-corrected chi connectivity index (χ4v) is 3.03. The number of aryl methyl sites for hydroxylation is 1. The zero-order valence-electron chi connectivity index (χ0n) is 11.3. The van der Waals surface area contributed by atoms with Crippen molar-refractivity contribution in [1.29, 1.82) is 0 Å². The van der Waals surface area contributed by atoms with Crippen molar-refractivity contribution in [2.75, 3.05) is 5.43 Å². The number of imidazole rings is 1. The van der Waals surface area contributed by atoms with Crippen LogP contribution in [0.5, 0.6) is 0 Å². The van der Waals surface area contributed by atoms with E-state index in [0.29, 0.717) is 17.1 Å². The average molecular weight is 278 g/mol. The van der Waals surface area contributed by atoms with E-state index in [1.807, 2.05) is 0 Å². The molecule has 1 saturated carbocycles. The third-order valence-corrected chi connectivity index (χ3v) is 4.03. The van der Waals surface area contributed by atoms with E-state index in [4.69, 9.17) is 5.84 Å². The van der Waals surface area contributed by atoms with Gasteiger partial charge in [0.05, 0.1) is 0 Å². The highest BCUT2D eigenvalue weighted by Gasteiger charge is 2.23. The van der Waals surface area contributed by atoms with Crippen molar-refractivity contribution in [2.45, 2.75) is 38.1 Å². The van der Waals surface area contributed by atoms with Crippen LogP contribution in [-0.2, 0) is 7.05 Å². The first-order valence-electron chi connectivity index (χ1n) is 6.81. The van der Waals surface area contributed by atoms with Gasteiger partial charge in [-0.15, -0.1) is 0 Å². The third kappa shape index (κ3) is 1.83. The van der Waals surface area contributed by atoms with Crippen molar-refractivity contribution in [2.24, 2.45) is 12.9 Å². The van der Waals surface area contributed by atoms with Crippen LogP contribution in [-0.4, -0.2) is 19.1 Å². The van der Waals surface area contributed by atoms with E-state index >= 15 is 0 Å². The lowest BCUT2D eigenvalue weighted by Crippen LogP contribution is -2.34. The van der Waals surface area contributed by atoms with Gasteiger partial charge >= 0.3 is 5.69 Å². The number of aromatic nitrogens is 4. The molecular formula is C12H18N6O2. The van der Waals surface area contributed by atoms with E-state index in [1.54, 1.807) is 16.2 Å². The standard InChI is InChI=1S/C12H18N6O2/c1-17-8-9(14-11(17)16-13)18(12(20)15-10(8)19)7-5-3-2-4-6-7/h7H,2-6,13H2,1H3,(H,14,16)(H,15,19,20). The molecule has 4 N–H and O–H groups in total. The van der Waals surface area contributed by atoms with Gasteiger partial charge in [0.15, 0.2) is 11.2 Å². The summed E-state index contributed by atoms with van der Waals surface area (Å²) >= 11 is 0. The summed E-state index contributed by atoms with van der Waals surface area (Å²) in [7, 11) is 1.69. The molecule has 2 aromatic heterocycles. The molecule has 1 fully saturated rings. The Bertz CT molecular complexity index is 750. The summed E-state index contributed by atoms with van der Waals surface area (Å²) in [5, 5.41) is 0. The van der Waals surface area contributed by atoms with Gasteiger partial charge in [0.1, 0.15) is 0 Å². The Kier molecular flexibility index (Phi) is 3.09. The van der Waals surface area contributed by atoms with Crippen LogP contribution in [0.1, 0.15) is 38.1 Å². The summed E-state index contributed by atoms with van der Waals surface area (Å²) in [6.45, 7) is 0. The third-order valence-electron chi connectivity index (χ3n) is 4.03. The predicted octanol–water partition coefficient (Wildman–Crippen LogP) is 0.214. The zero-order chi connectivity index (χ0) is 14.3. The smallest absolute Gasteiger partial charge is 0.306 e. The number of aromatic amines is 1. The van der Waals surface area contributed by atoms with Gasteiger partial charge in [0, 0.05) is 13.1 Å². The predicted molar refractivity (Wildman–Crippen MR) is 75.5 cm³/mol. The molecular weight excluding hydrogens is 260 g/mol. The maximum atomic E-state index is 12.2. The first-order valence-corrected chi connectivity index (χ1v) is 6.81. The number of nitrogen functional groups attached to an aromatic ring is 1. The maximum Gasteiger partial charge on any atom is 0.330 e. The number of hydrazine groups is 1. The van der Waals surface area contributed by atoms with E-state index in [0.717, 1.165) is 25.7 Å². The van der Waals surface area contributed by atoms with Gasteiger partial charge in [-0.25, -0.2) is 10.6 Å². The molecule has 0 amide bonds. The average Bonchev–Trinajstić information content (AvgIpc) is 2.77. The van der Waals surface area contributed by atoms with Crippen LogP contribution >= 0.6 is 0 Å². The van der Waals surface area contributed by atoms with Crippen LogP contribution < -0.4 is 22.5 Å². The molecule has 0 bridgehead atoms. The Labute approximate surface area is 114 Å². The summed E-state index contributed by atoms with van der Waals surface area (Å²) in [5.41, 5.74) is 2.38. The molecule has 3 rings (SSSR count). The quantitative estimate of drug-likeness (QED) is 0.537. The highest BCUT2D eigenvalue weighted by Crippen LogP contribution is 2.28. The molecule has 0 aromatic carbocycles. The van der Waals surface area contributed by atoms with E-state index < -0.39 is 11.2 Å². The summed E-state index contributed by atoms with van der Waals surface area (Å²) in [4.78, 5) is 30.8. The summed E-state index contributed by atoms with van der Waals surface area (Å²) in [5.74, 6) is 5.76. The van der Waals surface area contributed by atoms with Crippen LogP contribution in [0.15, 0.2) is 9.59 Å².